The molecule has 1 rings (SSSR count). The fraction of sp³-hybridized carbons (Fsp3) is 1.00. The van der Waals surface area contributed by atoms with E-state index < -0.39 is 0 Å². The molecule has 78 valence electrons. The molecule has 0 saturated carbocycles. The summed E-state index contributed by atoms with van der Waals surface area (Å²) in [6, 6.07) is 0.814. The van der Waals surface area contributed by atoms with E-state index in [9.17, 15) is 0 Å². The first-order chi connectivity index (χ1) is 6.15. The van der Waals surface area contributed by atoms with Gasteiger partial charge in [0.25, 0.3) is 0 Å². The summed E-state index contributed by atoms with van der Waals surface area (Å²) in [6.07, 6.45) is 2.76. The molecule has 0 aliphatic carbocycles. The van der Waals surface area contributed by atoms with Gasteiger partial charge in [0, 0.05) is 12.6 Å². The Bertz CT molecular complexity index is 145. The summed E-state index contributed by atoms with van der Waals surface area (Å²) in [7, 11) is 0. The van der Waals surface area contributed by atoms with Crippen molar-refractivity contribution in [3.63, 3.8) is 0 Å². The first-order valence-electron chi connectivity index (χ1n) is 5.59. The van der Waals surface area contributed by atoms with Crippen molar-refractivity contribution in [1.29, 1.82) is 0 Å². The third kappa shape index (κ3) is 2.96. The third-order valence-electron chi connectivity index (χ3n) is 3.13. The zero-order valence-electron chi connectivity index (χ0n) is 9.29. The van der Waals surface area contributed by atoms with Crippen LogP contribution in [0.1, 0.15) is 33.6 Å². The third-order valence-corrected chi connectivity index (χ3v) is 3.13. The first-order valence-corrected chi connectivity index (χ1v) is 5.59. The molecule has 2 unspecified atom stereocenters. The summed E-state index contributed by atoms with van der Waals surface area (Å²) in [6.45, 7) is 10.2. The molecule has 0 amide bonds. The Hall–Kier alpha value is -0.0800. The van der Waals surface area contributed by atoms with E-state index in [1.165, 1.54) is 25.9 Å². The molecule has 1 fully saturated rings. The van der Waals surface area contributed by atoms with Gasteiger partial charge in [0.1, 0.15) is 0 Å². The van der Waals surface area contributed by atoms with E-state index in [0.717, 1.165) is 18.5 Å². The smallest absolute Gasteiger partial charge is 0.0119 e. The summed E-state index contributed by atoms with van der Waals surface area (Å²) in [5.74, 6) is 1.45. The SMILES string of the molecule is CC(CN)CN1CCCC1C(C)C. The molecule has 2 heteroatoms. The standard InChI is InChI=1S/C11H24N2/c1-9(2)11-5-4-6-13(11)8-10(3)7-12/h9-11H,4-8,12H2,1-3H3. The summed E-state index contributed by atoms with van der Waals surface area (Å²) in [4.78, 5) is 2.63. The molecule has 1 aliphatic rings. The lowest BCUT2D eigenvalue weighted by Gasteiger charge is -2.29. The first kappa shape index (κ1) is 11.0. The molecule has 0 aromatic rings. The summed E-state index contributed by atoms with van der Waals surface area (Å²) >= 11 is 0. The van der Waals surface area contributed by atoms with Crippen LogP contribution >= 0.6 is 0 Å². The highest BCUT2D eigenvalue weighted by atomic mass is 15.2. The van der Waals surface area contributed by atoms with Gasteiger partial charge in [0.05, 0.1) is 0 Å². The molecule has 0 spiro atoms. The Kier molecular flexibility index (Phi) is 4.20. The van der Waals surface area contributed by atoms with Crippen LogP contribution in [0.15, 0.2) is 0 Å². The van der Waals surface area contributed by atoms with Gasteiger partial charge in [-0.1, -0.05) is 20.8 Å². The highest BCUT2D eigenvalue weighted by molar-refractivity contribution is 4.82. The van der Waals surface area contributed by atoms with Gasteiger partial charge in [0.15, 0.2) is 0 Å². The molecule has 0 aromatic carbocycles. The van der Waals surface area contributed by atoms with Gasteiger partial charge in [-0.05, 0) is 37.8 Å². The minimum Gasteiger partial charge on any atom is -0.330 e. The van der Waals surface area contributed by atoms with Crippen molar-refractivity contribution < 1.29 is 0 Å². The Morgan fingerprint density at radius 2 is 2.08 bits per heavy atom. The average Bonchev–Trinajstić information content (AvgIpc) is 2.52. The fourth-order valence-corrected chi connectivity index (χ4v) is 2.31. The van der Waals surface area contributed by atoms with Gasteiger partial charge in [-0.3, -0.25) is 4.90 Å². The minimum absolute atomic E-state index is 0.652. The zero-order valence-corrected chi connectivity index (χ0v) is 9.29. The fourth-order valence-electron chi connectivity index (χ4n) is 2.31. The highest BCUT2D eigenvalue weighted by Crippen LogP contribution is 2.24. The molecule has 0 radical (unpaired) electrons. The van der Waals surface area contributed by atoms with Crippen LogP contribution in [0, 0.1) is 11.8 Å². The topological polar surface area (TPSA) is 29.3 Å². The molecule has 2 N–H and O–H groups in total. The van der Waals surface area contributed by atoms with Crippen LogP contribution in [0.2, 0.25) is 0 Å². The van der Waals surface area contributed by atoms with Crippen LogP contribution in [0.5, 0.6) is 0 Å². The van der Waals surface area contributed by atoms with Gasteiger partial charge in [-0.2, -0.15) is 0 Å². The van der Waals surface area contributed by atoms with E-state index in [1.807, 2.05) is 0 Å². The van der Waals surface area contributed by atoms with Crippen molar-refractivity contribution in [2.75, 3.05) is 19.6 Å². The lowest BCUT2D eigenvalue weighted by molar-refractivity contribution is 0.183. The van der Waals surface area contributed by atoms with Crippen LogP contribution < -0.4 is 5.73 Å². The Balaban J connectivity index is 2.39. The summed E-state index contributed by atoms with van der Waals surface area (Å²) < 4.78 is 0. The van der Waals surface area contributed by atoms with E-state index in [1.54, 1.807) is 0 Å². The van der Waals surface area contributed by atoms with Gasteiger partial charge in [-0.25, -0.2) is 0 Å². The molecular formula is C11H24N2. The van der Waals surface area contributed by atoms with E-state index in [4.69, 9.17) is 5.73 Å². The lowest BCUT2D eigenvalue weighted by Crippen LogP contribution is -2.38. The lowest BCUT2D eigenvalue weighted by atomic mass is 10.0. The largest absolute Gasteiger partial charge is 0.330 e. The maximum atomic E-state index is 5.65. The van der Waals surface area contributed by atoms with Gasteiger partial charge in [-0.15, -0.1) is 0 Å². The number of nitrogens with zero attached hydrogens (tertiary/aromatic N) is 1. The van der Waals surface area contributed by atoms with Crippen molar-refractivity contribution >= 4 is 0 Å². The van der Waals surface area contributed by atoms with Crippen LogP contribution in [0.4, 0.5) is 0 Å². The maximum absolute atomic E-state index is 5.65. The van der Waals surface area contributed by atoms with E-state index >= 15 is 0 Å². The molecule has 0 bridgehead atoms. The van der Waals surface area contributed by atoms with Crippen LogP contribution in [-0.2, 0) is 0 Å². The monoisotopic (exact) mass is 184 g/mol. The predicted molar refractivity (Wildman–Crippen MR) is 57.7 cm³/mol. The Morgan fingerprint density at radius 1 is 1.38 bits per heavy atom. The molecule has 1 saturated heterocycles. The van der Waals surface area contributed by atoms with Crippen LogP contribution in [0.25, 0.3) is 0 Å². The van der Waals surface area contributed by atoms with Crippen molar-refractivity contribution in [3.05, 3.63) is 0 Å². The summed E-state index contributed by atoms with van der Waals surface area (Å²) in [5.41, 5.74) is 5.65. The minimum atomic E-state index is 0.652. The number of nitrogens with two attached hydrogens (primary N) is 1. The number of rotatable bonds is 4. The second kappa shape index (κ2) is 4.97. The summed E-state index contributed by atoms with van der Waals surface area (Å²) in [5, 5.41) is 0. The quantitative estimate of drug-likeness (QED) is 0.720. The second-order valence-electron chi connectivity index (χ2n) is 4.79. The average molecular weight is 184 g/mol. The molecule has 1 aliphatic heterocycles. The molecule has 2 atom stereocenters. The molecule has 1 heterocycles. The van der Waals surface area contributed by atoms with Crippen molar-refractivity contribution in [2.24, 2.45) is 17.6 Å². The van der Waals surface area contributed by atoms with Crippen LogP contribution in [0.3, 0.4) is 0 Å². The van der Waals surface area contributed by atoms with E-state index in [0.29, 0.717) is 5.92 Å². The predicted octanol–water partition coefficient (Wildman–Crippen LogP) is 1.70. The highest BCUT2D eigenvalue weighted by Gasteiger charge is 2.27. The molecule has 13 heavy (non-hydrogen) atoms. The normalized spacial score (nSPS) is 27.0. The van der Waals surface area contributed by atoms with Gasteiger partial charge in [0.2, 0.25) is 0 Å². The van der Waals surface area contributed by atoms with Gasteiger partial charge >= 0.3 is 0 Å². The molecule has 2 nitrogen and oxygen atoms in total. The molecular weight excluding hydrogens is 160 g/mol. The van der Waals surface area contributed by atoms with E-state index in [2.05, 4.69) is 25.7 Å². The Labute approximate surface area is 82.5 Å². The zero-order chi connectivity index (χ0) is 9.84. The maximum Gasteiger partial charge on any atom is 0.0119 e. The number of hydrogen-bond acceptors (Lipinski definition) is 2. The van der Waals surface area contributed by atoms with Crippen molar-refractivity contribution in [2.45, 2.75) is 39.7 Å². The number of hydrogen-bond donors (Lipinski definition) is 1. The van der Waals surface area contributed by atoms with Crippen molar-refractivity contribution in [1.82, 2.24) is 4.90 Å². The van der Waals surface area contributed by atoms with Gasteiger partial charge < -0.3 is 5.73 Å². The number of likely N-dealkylation sites (tertiary alicyclic amines) is 1. The van der Waals surface area contributed by atoms with Crippen LogP contribution in [-0.4, -0.2) is 30.6 Å². The van der Waals surface area contributed by atoms with E-state index in [-0.39, 0.29) is 0 Å². The second-order valence-corrected chi connectivity index (χ2v) is 4.79. The van der Waals surface area contributed by atoms with Crippen molar-refractivity contribution in [3.8, 4) is 0 Å². The Morgan fingerprint density at radius 3 is 2.62 bits per heavy atom. The molecule has 0 aromatic heterocycles.